The third-order valence-corrected chi connectivity index (χ3v) is 3.09. The first-order chi connectivity index (χ1) is 7.25. The maximum Gasteiger partial charge on any atom is 0.0585 e. The molecule has 2 heteroatoms. The van der Waals surface area contributed by atoms with Crippen molar-refractivity contribution in [1.29, 1.82) is 0 Å². The van der Waals surface area contributed by atoms with Crippen LogP contribution in [0.3, 0.4) is 0 Å². The van der Waals surface area contributed by atoms with Gasteiger partial charge >= 0.3 is 0 Å². The Morgan fingerprint density at radius 2 is 1.87 bits per heavy atom. The van der Waals surface area contributed by atoms with Crippen molar-refractivity contribution in [3.8, 4) is 0 Å². The second-order valence-corrected chi connectivity index (χ2v) is 4.54. The van der Waals surface area contributed by atoms with E-state index in [-0.39, 0.29) is 0 Å². The van der Waals surface area contributed by atoms with E-state index in [1.165, 1.54) is 16.3 Å². The Labute approximate surface area is 94.0 Å². The van der Waals surface area contributed by atoms with Gasteiger partial charge in [-0.05, 0) is 16.3 Å². The van der Waals surface area contributed by atoms with Crippen LogP contribution in [-0.4, -0.2) is 0 Å². The third kappa shape index (κ3) is 2.54. The van der Waals surface area contributed by atoms with E-state index < -0.39 is 0 Å². The second-order valence-electron chi connectivity index (χ2n) is 3.44. The van der Waals surface area contributed by atoms with Crippen molar-refractivity contribution in [2.45, 2.75) is 5.75 Å². The summed E-state index contributed by atoms with van der Waals surface area (Å²) in [6.45, 7) is 3.67. The lowest BCUT2D eigenvalue weighted by Gasteiger charge is -2.03. The van der Waals surface area contributed by atoms with Crippen molar-refractivity contribution in [1.82, 2.24) is 0 Å². The summed E-state index contributed by atoms with van der Waals surface area (Å²) in [7, 11) is 0. The molecule has 2 N–H and O–H groups in total. The molecule has 0 aliphatic heterocycles. The summed E-state index contributed by atoms with van der Waals surface area (Å²) >= 11 is 1.58. The van der Waals surface area contributed by atoms with Gasteiger partial charge in [-0.25, -0.2) is 0 Å². The molecule has 0 spiro atoms. The summed E-state index contributed by atoms with van der Waals surface area (Å²) in [6.07, 6.45) is 0. The first-order valence-corrected chi connectivity index (χ1v) is 5.79. The van der Waals surface area contributed by atoms with Crippen LogP contribution in [0.2, 0.25) is 0 Å². The van der Waals surface area contributed by atoms with Crippen molar-refractivity contribution in [3.63, 3.8) is 0 Å². The summed E-state index contributed by atoms with van der Waals surface area (Å²) in [5.74, 6) is 0.889. The molecule has 0 fully saturated rings. The van der Waals surface area contributed by atoms with E-state index in [4.69, 9.17) is 5.73 Å². The summed E-state index contributed by atoms with van der Waals surface area (Å²) in [4.78, 5) is 0. The number of hydrogen-bond acceptors (Lipinski definition) is 2. The standard InChI is InChI=1S/C13H13NS/c1-10(14)15-9-11-6-7-12-4-2-3-5-13(12)8-11/h2-8H,1,9,14H2. The molecule has 2 aromatic carbocycles. The summed E-state index contributed by atoms with van der Waals surface area (Å²) in [5, 5.41) is 3.22. The molecule has 0 aliphatic carbocycles. The van der Waals surface area contributed by atoms with Gasteiger partial charge in [-0.15, -0.1) is 11.8 Å². The van der Waals surface area contributed by atoms with Gasteiger partial charge < -0.3 is 5.73 Å². The molecule has 0 atom stereocenters. The maximum absolute atomic E-state index is 5.52. The lowest BCUT2D eigenvalue weighted by Crippen LogP contribution is -1.90. The van der Waals surface area contributed by atoms with Crippen LogP contribution < -0.4 is 5.73 Å². The number of hydrogen-bond donors (Lipinski definition) is 1. The van der Waals surface area contributed by atoms with Crippen LogP contribution in [0.15, 0.2) is 54.1 Å². The second kappa shape index (κ2) is 4.41. The molecule has 76 valence electrons. The van der Waals surface area contributed by atoms with Gasteiger partial charge in [0.25, 0.3) is 0 Å². The largest absolute Gasteiger partial charge is 0.394 e. The number of thioether (sulfide) groups is 1. The summed E-state index contributed by atoms with van der Waals surface area (Å²) < 4.78 is 0. The Balaban J connectivity index is 2.26. The van der Waals surface area contributed by atoms with Crippen LogP contribution in [-0.2, 0) is 5.75 Å². The average Bonchev–Trinajstić information content (AvgIpc) is 2.26. The molecule has 15 heavy (non-hydrogen) atoms. The highest BCUT2D eigenvalue weighted by atomic mass is 32.2. The van der Waals surface area contributed by atoms with Crippen molar-refractivity contribution in [2.24, 2.45) is 5.73 Å². The van der Waals surface area contributed by atoms with E-state index in [2.05, 4.69) is 49.0 Å². The molecule has 0 bridgehead atoms. The van der Waals surface area contributed by atoms with E-state index in [0.29, 0.717) is 5.03 Å². The van der Waals surface area contributed by atoms with Crippen LogP contribution in [0.4, 0.5) is 0 Å². The fourth-order valence-corrected chi connectivity index (χ4v) is 2.04. The lowest BCUT2D eigenvalue weighted by molar-refractivity contribution is 1.43. The summed E-state index contributed by atoms with van der Waals surface area (Å²) in [6, 6.07) is 14.8. The van der Waals surface area contributed by atoms with Crippen LogP contribution in [0.1, 0.15) is 5.56 Å². The normalized spacial score (nSPS) is 10.4. The van der Waals surface area contributed by atoms with Crippen LogP contribution in [0.25, 0.3) is 10.8 Å². The van der Waals surface area contributed by atoms with Gasteiger partial charge in [0.05, 0.1) is 5.03 Å². The van der Waals surface area contributed by atoms with E-state index in [0.717, 1.165) is 5.75 Å². The fourth-order valence-electron chi connectivity index (χ4n) is 1.50. The SMILES string of the molecule is C=C(N)SCc1ccc2ccccc2c1. The van der Waals surface area contributed by atoms with Gasteiger partial charge in [0, 0.05) is 5.75 Å². The molecule has 1 nitrogen and oxygen atoms in total. The van der Waals surface area contributed by atoms with Gasteiger partial charge in [0.15, 0.2) is 0 Å². The van der Waals surface area contributed by atoms with Gasteiger partial charge in [-0.3, -0.25) is 0 Å². The minimum atomic E-state index is 0.670. The molecule has 2 aromatic rings. The van der Waals surface area contributed by atoms with E-state index >= 15 is 0 Å². The maximum atomic E-state index is 5.52. The zero-order chi connectivity index (χ0) is 10.7. The monoisotopic (exact) mass is 215 g/mol. The fraction of sp³-hybridized carbons (Fsp3) is 0.0769. The highest BCUT2D eigenvalue weighted by molar-refractivity contribution is 8.02. The molecule has 0 saturated carbocycles. The minimum absolute atomic E-state index is 0.670. The molecule has 0 heterocycles. The zero-order valence-electron chi connectivity index (χ0n) is 8.44. The molecule has 0 radical (unpaired) electrons. The van der Waals surface area contributed by atoms with Crippen molar-refractivity contribution in [2.75, 3.05) is 0 Å². The highest BCUT2D eigenvalue weighted by Crippen LogP contribution is 2.20. The Morgan fingerprint density at radius 3 is 2.60 bits per heavy atom. The van der Waals surface area contributed by atoms with Crippen LogP contribution in [0.5, 0.6) is 0 Å². The van der Waals surface area contributed by atoms with E-state index in [9.17, 15) is 0 Å². The Bertz CT molecular complexity index is 491. The zero-order valence-corrected chi connectivity index (χ0v) is 9.26. The van der Waals surface area contributed by atoms with Gasteiger partial charge in [0.1, 0.15) is 0 Å². The van der Waals surface area contributed by atoms with Gasteiger partial charge in [-0.2, -0.15) is 0 Å². The Kier molecular flexibility index (Phi) is 2.97. The topological polar surface area (TPSA) is 26.0 Å². The van der Waals surface area contributed by atoms with Crippen LogP contribution >= 0.6 is 11.8 Å². The molecule has 0 saturated heterocycles. The summed E-state index contributed by atoms with van der Waals surface area (Å²) in [5.41, 5.74) is 6.80. The molecule has 0 unspecified atom stereocenters. The molecule has 0 aromatic heterocycles. The highest BCUT2D eigenvalue weighted by Gasteiger charge is 1.96. The smallest absolute Gasteiger partial charge is 0.0585 e. The van der Waals surface area contributed by atoms with Gasteiger partial charge in [-0.1, -0.05) is 49.0 Å². The van der Waals surface area contributed by atoms with Crippen molar-refractivity contribution < 1.29 is 0 Å². The quantitative estimate of drug-likeness (QED) is 0.848. The first-order valence-electron chi connectivity index (χ1n) is 4.80. The number of rotatable bonds is 3. The van der Waals surface area contributed by atoms with Crippen molar-refractivity contribution >= 4 is 22.5 Å². The van der Waals surface area contributed by atoms with Gasteiger partial charge in [0.2, 0.25) is 0 Å². The average molecular weight is 215 g/mol. The number of fused-ring (bicyclic) bond motifs is 1. The molecule has 2 rings (SSSR count). The number of benzene rings is 2. The first kappa shape index (κ1) is 10.1. The Morgan fingerprint density at radius 1 is 1.13 bits per heavy atom. The predicted octanol–water partition coefficient (Wildman–Crippen LogP) is 3.50. The third-order valence-electron chi connectivity index (χ3n) is 2.24. The molecule has 0 amide bonds. The lowest BCUT2D eigenvalue weighted by atomic mass is 10.1. The molecular formula is C13H13NS. The predicted molar refractivity (Wildman–Crippen MR) is 68.6 cm³/mol. The van der Waals surface area contributed by atoms with Crippen LogP contribution in [0, 0.1) is 0 Å². The molecule has 0 aliphatic rings. The Hall–Kier alpha value is -1.41. The van der Waals surface area contributed by atoms with Crippen molar-refractivity contribution in [3.05, 3.63) is 59.6 Å². The molecular weight excluding hydrogens is 202 g/mol. The number of nitrogens with two attached hydrogens (primary N) is 1. The van der Waals surface area contributed by atoms with E-state index in [1.54, 1.807) is 11.8 Å². The minimum Gasteiger partial charge on any atom is -0.394 e. The van der Waals surface area contributed by atoms with E-state index in [1.807, 2.05) is 0 Å².